The summed E-state index contributed by atoms with van der Waals surface area (Å²) in [5.41, 5.74) is 0. The highest BCUT2D eigenvalue weighted by Gasteiger charge is 2.29. The molecular formula is C79H146O17P2. The van der Waals surface area contributed by atoms with E-state index in [2.05, 4.69) is 62.5 Å². The first-order chi connectivity index (χ1) is 47.9. The van der Waals surface area contributed by atoms with Gasteiger partial charge >= 0.3 is 27.6 Å². The first kappa shape index (κ1) is 95.3. The van der Waals surface area contributed by atoms with E-state index < -0.39 is 72.3 Å². The predicted molar refractivity (Wildman–Crippen MR) is 400 cm³/mol. The van der Waals surface area contributed by atoms with E-state index in [1.165, 1.54) is 128 Å². The summed E-state index contributed by atoms with van der Waals surface area (Å²) >= 11 is 0. The minimum absolute atomic E-state index is 0.0570. The van der Waals surface area contributed by atoms with Gasteiger partial charge in [-0.25, -0.2) is 9.13 Å². The quantitative estimate of drug-likeness (QED) is 0.0169. The van der Waals surface area contributed by atoms with Crippen LogP contribution in [0.4, 0.5) is 0 Å². The number of esters is 2. The fraction of sp³-hybridized carbons (Fsp3) is 0.848. The Labute approximate surface area is 597 Å². The van der Waals surface area contributed by atoms with E-state index in [0.29, 0.717) is 38.9 Å². The van der Waals surface area contributed by atoms with Gasteiger partial charge in [0.05, 0.1) is 33.0 Å². The molecule has 0 rings (SSSR count). The summed E-state index contributed by atoms with van der Waals surface area (Å²) in [6, 6.07) is 0. The topological polar surface area (TPSA) is 237 Å². The number of phosphoric ester groups is 2. The maximum absolute atomic E-state index is 13.1. The molecule has 0 heterocycles. The van der Waals surface area contributed by atoms with Crippen molar-refractivity contribution in [2.75, 3.05) is 52.9 Å². The lowest BCUT2D eigenvalue weighted by molar-refractivity contribution is -0.154. The van der Waals surface area contributed by atoms with Crippen LogP contribution < -0.4 is 0 Å². The average Bonchev–Trinajstić information content (AvgIpc) is 1.02. The van der Waals surface area contributed by atoms with E-state index in [1.54, 1.807) is 0 Å². The van der Waals surface area contributed by atoms with Gasteiger partial charge in [-0.3, -0.25) is 27.7 Å². The van der Waals surface area contributed by atoms with E-state index in [4.69, 9.17) is 37.0 Å². The molecule has 5 atom stereocenters. The Morgan fingerprint density at radius 2 is 0.643 bits per heavy atom. The van der Waals surface area contributed by atoms with Gasteiger partial charge < -0.3 is 43.4 Å². The molecule has 0 spiro atoms. The second-order valence-electron chi connectivity index (χ2n) is 26.9. The van der Waals surface area contributed by atoms with E-state index >= 15 is 0 Å². The fourth-order valence-electron chi connectivity index (χ4n) is 11.2. The van der Waals surface area contributed by atoms with Crippen LogP contribution in [0.3, 0.4) is 0 Å². The first-order valence-corrected chi connectivity index (χ1v) is 42.8. The molecule has 574 valence electrons. The van der Waals surface area contributed by atoms with Crippen molar-refractivity contribution in [1.29, 1.82) is 0 Å². The Bertz CT molecular complexity index is 1980. The maximum Gasteiger partial charge on any atom is 0.472 e. The number of carbonyl (C=O) groups excluding carboxylic acids is 4. The number of aliphatic hydroxyl groups excluding tert-OH is 1. The van der Waals surface area contributed by atoms with Gasteiger partial charge in [-0.15, -0.1) is 0 Å². The first-order valence-electron chi connectivity index (χ1n) is 39.8. The van der Waals surface area contributed by atoms with E-state index in [9.17, 15) is 43.2 Å². The summed E-state index contributed by atoms with van der Waals surface area (Å²) in [5.74, 6) is -0.852. The molecule has 0 radical (unpaired) electrons. The number of aldehydes is 2. The Hall–Kier alpha value is -2.66. The summed E-state index contributed by atoms with van der Waals surface area (Å²) in [7, 11) is -9.67. The lowest BCUT2D eigenvalue weighted by Gasteiger charge is -2.21. The molecule has 0 saturated heterocycles. The molecule has 2 unspecified atom stereocenters. The van der Waals surface area contributed by atoms with Crippen molar-refractivity contribution < 1.29 is 80.2 Å². The fourth-order valence-corrected chi connectivity index (χ4v) is 12.8. The van der Waals surface area contributed by atoms with Crippen molar-refractivity contribution in [2.24, 2.45) is 0 Å². The smallest absolute Gasteiger partial charge is 0.463 e. The SMILES string of the molecule is CCCCC/C=C\C/C=C\CCCCCCCC(=O)OC[C@H](COP(=O)(O)OC[C@@H](O)COP(=O)(O)OC[C@@H](COCCCCCCCCC/C=C\CCCCCCC=O)OC(=O)CCCCCCCCCCCCCCC)OCCCCCCCCC/C=C\CCCCCCC=O. The Morgan fingerprint density at radius 3 is 1.05 bits per heavy atom. The number of rotatable bonds is 80. The van der Waals surface area contributed by atoms with Crippen LogP contribution >= 0.6 is 15.6 Å². The summed E-state index contributed by atoms with van der Waals surface area (Å²) < 4.78 is 70.0. The molecule has 19 heteroatoms. The molecule has 98 heavy (non-hydrogen) atoms. The van der Waals surface area contributed by atoms with Crippen LogP contribution in [-0.2, 0) is 65.4 Å². The van der Waals surface area contributed by atoms with Gasteiger partial charge in [0, 0.05) is 38.9 Å². The molecule has 0 aliphatic heterocycles. The highest BCUT2D eigenvalue weighted by atomic mass is 31.2. The van der Waals surface area contributed by atoms with Crippen molar-refractivity contribution in [3.05, 3.63) is 48.6 Å². The van der Waals surface area contributed by atoms with Crippen molar-refractivity contribution in [3.63, 3.8) is 0 Å². The second kappa shape index (κ2) is 75.5. The lowest BCUT2D eigenvalue weighted by atomic mass is 10.0. The minimum atomic E-state index is -4.85. The van der Waals surface area contributed by atoms with Crippen LogP contribution in [-0.4, -0.2) is 111 Å². The molecule has 17 nitrogen and oxygen atoms in total. The number of unbranched alkanes of at least 4 members (excludes halogenated alkanes) is 44. The molecule has 0 saturated carbocycles. The largest absolute Gasteiger partial charge is 0.472 e. The van der Waals surface area contributed by atoms with Gasteiger partial charge in [-0.2, -0.15) is 0 Å². The molecule has 3 N–H and O–H groups in total. The number of aliphatic hydroxyl groups is 1. The standard InChI is InChI=1S/C79H146O17P2/c1-3-5-7-9-11-13-15-17-22-28-33-39-45-51-57-63-78(83)91-72-76(90-68-62-56-50-44-38-32-26-21-19-24-30-36-42-48-54-60-66-81)73-94-97(85,86)92-69-75(82)70-93-98(87,88)95-74-77(96-79(84)64-58-52-46-40-34-27-16-14-12-10-8-6-4-2)71-89-67-61-55-49-43-37-31-25-20-18-23-29-35-41-47-53-59-65-80/h11,13,17-19,22-24,65-66,75-77,82H,3-10,12,14-16,20-21,25-64,67-74H2,1-2H3,(H,85,86)(H,87,88)/b13-11-,22-17-,23-18-,24-19-/t75-,76-,77-/m1/s1. The normalized spacial score (nSPS) is 14.2. The van der Waals surface area contributed by atoms with Gasteiger partial charge in [-0.05, 0) is 122 Å². The zero-order valence-corrected chi connectivity index (χ0v) is 64.1. The third-order valence-corrected chi connectivity index (χ3v) is 19.2. The van der Waals surface area contributed by atoms with Crippen LogP contribution in [0.2, 0.25) is 0 Å². The molecule has 0 aromatic rings. The van der Waals surface area contributed by atoms with Gasteiger partial charge in [0.25, 0.3) is 0 Å². The zero-order valence-electron chi connectivity index (χ0n) is 62.3. The molecule has 0 bridgehead atoms. The molecule has 0 aromatic carbocycles. The number of allylic oxidation sites excluding steroid dienone is 8. The lowest BCUT2D eigenvalue weighted by Crippen LogP contribution is -2.29. The monoisotopic (exact) mass is 1430 g/mol. The third kappa shape index (κ3) is 74.5. The number of phosphoric acid groups is 2. The number of carbonyl (C=O) groups is 4. The van der Waals surface area contributed by atoms with Gasteiger partial charge in [0.15, 0.2) is 0 Å². The van der Waals surface area contributed by atoms with Crippen molar-refractivity contribution in [1.82, 2.24) is 0 Å². The highest BCUT2D eigenvalue weighted by molar-refractivity contribution is 7.47. The molecule has 0 aliphatic carbocycles. The zero-order chi connectivity index (χ0) is 71.5. The summed E-state index contributed by atoms with van der Waals surface area (Å²) in [6.45, 7) is 2.36. The molecule has 0 aliphatic rings. The molecular weight excluding hydrogens is 1280 g/mol. The summed E-state index contributed by atoms with van der Waals surface area (Å²) in [6.07, 6.45) is 73.4. The van der Waals surface area contributed by atoms with E-state index in [0.717, 1.165) is 192 Å². The number of hydrogen-bond donors (Lipinski definition) is 3. The Balaban J connectivity index is 5.18. The molecule has 0 fully saturated rings. The van der Waals surface area contributed by atoms with Gasteiger partial charge in [-0.1, -0.05) is 262 Å². The highest BCUT2D eigenvalue weighted by Crippen LogP contribution is 2.45. The number of hydrogen-bond acceptors (Lipinski definition) is 15. The minimum Gasteiger partial charge on any atom is -0.463 e. The van der Waals surface area contributed by atoms with Gasteiger partial charge in [0.1, 0.15) is 37.5 Å². The van der Waals surface area contributed by atoms with Crippen molar-refractivity contribution in [2.45, 2.75) is 379 Å². The average molecular weight is 1430 g/mol. The Kier molecular flexibility index (Phi) is 73.4. The van der Waals surface area contributed by atoms with Crippen molar-refractivity contribution >= 4 is 40.2 Å². The van der Waals surface area contributed by atoms with Crippen LogP contribution in [0.15, 0.2) is 48.6 Å². The summed E-state index contributed by atoms with van der Waals surface area (Å²) in [4.78, 5) is 68.0. The molecule has 0 amide bonds. The van der Waals surface area contributed by atoms with Crippen LogP contribution in [0.5, 0.6) is 0 Å². The second-order valence-corrected chi connectivity index (χ2v) is 29.8. The predicted octanol–water partition coefficient (Wildman–Crippen LogP) is 22.2. The van der Waals surface area contributed by atoms with Crippen molar-refractivity contribution in [3.8, 4) is 0 Å². The van der Waals surface area contributed by atoms with E-state index in [1.807, 2.05) is 0 Å². The Morgan fingerprint density at radius 1 is 0.337 bits per heavy atom. The van der Waals surface area contributed by atoms with E-state index in [-0.39, 0.29) is 26.1 Å². The molecule has 0 aromatic heterocycles. The van der Waals surface area contributed by atoms with Crippen LogP contribution in [0, 0.1) is 0 Å². The number of ether oxygens (including phenoxy) is 4. The third-order valence-electron chi connectivity index (χ3n) is 17.3. The van der Waals surface area contributed by atoms with Crippen LogP contribution in [0.25, 0.3) is 0 Å². The van der Waals surface area contributed by atoms with Gasteiger partial charge in [0.2, 0.25) is 0 Å². The van der Waals surface area contributed by atoms with Crippen LogP contribution in [0.1, 0.15) is 361 Å². The maximum atomic E-state index is 13.1. The summed E-state index contributed by atoms with van der Waals surface area (Å²) in [5, 5.41) is 10.6.